The van der Waals surface area contributed by atoms with Crippen LogP contribution in [-0.4, -0.2) is 16.3 Å². The SMILES string of the molecule is OC1CCCCC1.Oc1ccc(CF)cc1.[Y]. The first kappa shape index (κ1) is 17.0. The van der Waals surface area contributed by atoms with Gasteiger partial charge in [-0.3, -0.25) is 0 Å². The maximum atomic E-state index is 11.8. The predicted molar refractivity (Wildman–Crippen MR) is 62.0 cm³/mol. The molecule has 0 bridgehead atoms. The normalized spacial score (nSPS) is 15.4. The first-order valence-corrected chi connectivity index (χ1v) is 5.74. The summed E-state index contributed by atoms with van der Waals surface area (Å²) in [5, 5.41) is 17.6. The van der Waals surface area contributed by atoms with Gasteiger partial charge < -0.3 is 10.2 Å². The van der Waals surface area contributed by atoms with E-state index in [-0.39, 0.29) is 44.6 Å². The van der Waals surface area contributed by atoms with Crippen LogP contribution >= 0.6 is 0 Å². The Morgan fingerprint density at radius 1 is 1.06 bits per heavy atom. The summed E-state index contributed by atoms with van der Waals surface area (Å²) < 4.78 is 11.8. The standard InChI is InChI=1S/C7H7FO.C6H12O.Y/c8-5-6-1-3-7(9)4-2-6;7-6-4-2-1-3-5-6;/h1-4,9H,5H2;6-7H,1-5H2;. The third kappa shape index (κ3) is 7.85. The molecule has 1 aliphatic carbocycles. The van der Waals surface area contributed by atoms with E-state index >= 15 is 0 Å². The molecule has 0 aliphatic heterocycles. The molecule has 0 amide bonds. The number of benzene rings is 1. The zero-order valence-electron chi connectivity index (χ0n) is 9.98. The summed E-state index contributed by atoms with van der Waals surface area (Å²) in [6.07, 6.45) is 5.92. The second-order valence-corrected chi connectivity index (χ2v) is 4.09. The van der Waals surface area contributed by atoms with Gasteiger partial charge in [0, 0.05) is 32.7 Å². The van der Waals surface area contributed by atoms with Crippen LogP contribution < -0.4 is 0 Å². The van der Waals surface area contributed by atoms with Crippen LogP contribution in [0.1, 0.15) is 37.7 Å². The number of hydrogen-bond acceptors (Lipinski definition) is 2. The number of rotatable bonds is 1. The second-order valence-electron chi connectivity index (χ2n) is 4.09. The zero-order valence-corrected chi connectivity index (χ0v) is 12.8. The summed E-state index contributed by atoms with van der Waals surface area (Å²) >= 11 is 0. The van der Waals surface area contributed by atoms with E-state index in [1.807, 2.05) is 0 Å². The van der Waals surface area contributed by atoms with E-state index in [1.54, 1.807) is 12.1 Å². The van der Waals surface area contributed by atoms with E-state index in [0.717, 1.165) is 12.8 Å². The molecule has 1 radical (unpaired) electrons. The Morgan fingerprint density at radius 2 is 1.59 bits per heavy atom. The van der Waals surface area contributed by atoms with Crippen LogP contribution in [0.25, 0.3) is 0 Å². The average Bonchev–Trinajstić information content (AvgIpc) is 2.32. The quantitative estimate of drug-likeness (QED) is 0.836. The fraction of sp³-hybridized carbons (Fsp3) is 0.538. The van der Waals surface area contributed by atoms with Crippen LogP contribution in [0.15, 0.2) is 24.3 Å². The molecule has 0 heterocycles. The van der Waals surface area contributed by atoms with Crippen molar-refractivity contribution in [2.24, 2.45) is 0 Å². The van der Waals surface area contributed by atoms with Gasteiger partial charge in [-0.25, -0.2) is 4.39 Å². The van der Waals surface area contributed by atoms with Gasteiger partial charge in [0.1, 0.15) is 12.4 Å². The van der Waals surface area contributed by atoms with Crippen LogP contribution in [0.2, 0.25) is 0 Å². The Morgan fingerprint density at radius 3 is 1.94 bits per heavy atom. The van der Waals surface area contributed by atoms with Gasteiger partial charge in [-0.1, -0.05) is 31.4 Å². The Kier molecular flexibility index (Phi) is 9.99. The van der Waals surface area contributed by atoms with E-state index < -0.39 is 6.67 Å². The van der Waals surface area contributed by atoms with Crippen molar-refractivity contribution < 1.29 is 47.3 Å². The summed E-state index contributed by atoms with van der Waals surface area (Å²) in [5.74, 6) is 0.173. The Hall–Kier alpha value is 0.0139. The van der Waals surface area contributed by atoms with Gasteiger partial charge in [0.2, 0.25) is 0 Å². The number of phenolic OH excluding ortho intramolecular Hbond substituents is 1. The second kappa shape index (κ2) is 9.98. The van der Waals surface area contributed by atoms with Crippen molar-refractivity contribution in [1.29, 1.82) is 0 Å². The molecule has 17 heavy (non-hydrogen) atoms. The van der Waals surface area contributed by atoms with Crippen molar-refractivity contribution in [3.8, 4) is 5.75 Å². The Labute approximate surface area is 127 Å². The first-order valence-electron chi connectivity index (χ1n) is 5.74. The van der Waals surface area contributed by atoms with E-state index in [1.165, 1.54) is 31.4 Å². The van der Waals surface area contributed by atoms with Crippen LogP contribution in [0, 0.1) is 0 Å². The molecular weight excluding hydrogens is 296 g/mol. The molecule has 1 fully saturated rings. The Balaban J connectivity index is 0.000000292. The Bertz CT molecular complexity index is 284. The van der Waals surface area contributed by atoms with Crippen LogP contribution in [-0.2, 0) is 39.4 Å². The minimum atomic E-state index is -0.472. The number of aliphatic hydroxyl groups is 1. The van der Waals surface area contributed by atoms with E-state index in [4.69, 9.17) is 10.2 Å². The van der Waals surface area contributed by atoms with Crippen LogP contribution in [0.5, 0.6) is 5.75 Å². The minimum absolute atomic E-state index is 0. The number of phenols is 1. The number of aliphatic hydroxyl groups excluding tert-OH is 1. The van der Waals surface area contributed by atoms with Crippen LogP contribution in [0.4, 0.5) is 4.39 Å². The fourth-order valence-corrected chi connectivity index (χ4v) is 1.67. The summed E-state index contributed by atoms with van der Waals surface area (Å²) in [7, 11) is 0. The molecule has 1 saturated carbocycles. The van der Waals surface area contributed by atoms with Crippen LogP contribution in [0.3, 0.4) is 0 Å². The third-order valence-corrected chi connectivity index (χ3v) is 2.67. The first-order chi connectivity index (χ1) is 7.72. The van der Waals surface area contributed by atoms with Gasteiger partial charge in [0.15, 0.2) is 0 Å². The number of halogens is 1. The molecule has 1 aromatic rings. The number of hydrogen-bond donors (Lipinski definition) is 2. The molecule has 2 N–H and O–H groups in total. The van der Waals surface area contributed by atoms with Gasteiger partial charge >= 0.3 is 0 Å². The van der Waals surface area contributed by atoms with E-state index in [2.05, 4.69) is 0 Å². The topological polar surface area (TPSA) is 40.5 Å². The van der Waals surface area contributed by atoms with Gasteiger partial charge in [0.05, 0.1) is 6.10 Å². The van der Waals surface area contributed by atoms with Crippen molar-refractivity contribution in [2.75, 3.05) is 0 Å². The predicted octanol–water partition coefficient (Wildman–Crippen LogP) is 3.17. The molecule has 2 nitrogen and oxygen atoms in total. The molecular formula is C13H19FO2Y. The molecule has 0 aromatic heterocycles. The summed E-state index contributed by atoms with van der Waals surface area (Å²) in [5.41, 5.74) is 0.591. The smallest absolute Gasteiger partial charge is 0.115 e. The van der Waals surface area contributed by atoms with Gasteiger partial charge in [-0.15, -0.1) is 0 Å². The molecule has 1 aromatic carbocycles. The van der Waals surface area contributed by atoms with Gasteiger partial charge in [0.25, 0.3) is 0 Å². The maximum absolute atomic E-state index is 11.8. The monoisotopic (exact) mass is 315 g/mol. The molecule has 2 rings (SSSR count). The average molecular weight is 315 g/mol. The maximum Gasteiger partial charge on any atom is 0.115 e. The molecule has 1 aliphatic rings. The molecule has 0 atom stereocenters. The third-order valence-electron chi connectivity index (χ3n) is 2.67. The summed E-state index contributed by atoms with van der Waals surface area (Å²) in [6.45, 7) is -0.472. The minimum Gasteiger partial charge on any atom is -0.508 e. The fourth-order valence-electron chi connectivity index (χ4n) is 1.67. The molecule has 0 saturated heterocycles. The van der Waals surface area contributed by atoms with Crippen molar-refractivity contribution in [1.82, 2.24) is 0 Å². The largest absolute Gasteiger partial charge is 0.508 e. The van der Waals surface area contributed by atoms with Gasteiger partial charge in [-0.05, 0) is 30.5 Å². The van der Waals surface area contributed by atoms with Crippen molar-refractivity contribution >= 4 is 0 Å². The van der Waals surface area contributed by atoms with E-state index in [0.29, 0.717) is 5.56 Å². The molecule has 0 unspecified atom stereocenters. The molecule has 4 heteroatoms. The molecule has 0 spiro atoms. The van der Waals surface area contributed by atoms with Crippen molar-refractivity contribution in [2.45, 2.75) is 44.9 Å². The van der Waals surface area contributed by atoms with Crippen molar-refractivity contribution in [3.63, 3.8) is 0 Å². The van der Waals surface area contributed by atoms with Crippen molar-refractivity contribution in [3.05, 3.63) is 29.8 Å². The summed E-state index contributed by atoms with van der Waals surface area (Å²) in [6, 6.07) is 6.04. The molecule has 93 valence electrons. The zero-order chi connectivity index (χ0) is 11.8. The number of alkyl halides is 1. The van der Waals surface area contributed by atoms with Gasteiger partial charge in [-0.2, -0.15) is 0 Å². The summed E-state index contributed by atoms with van der Waals surface area (Å²) in [4.78, 5) is 0. The van der Waals surface area contributed by atoms with E-state index in [9.17, 15) is 4.39 Å². The number of aromatic hydroxyl groups is 1.